The molecule has 1 aliphatic rings. The minimum absolute atomic E-state index is 0.279. The molecular formula is C17H15-. The summed E-state index contributed by atoms with van der Waals surface area (Å²) in [5, 5.41) is 0. The van der Waals surface area contributed by atoms with Crippen molar-refractivity contribution < 1.29 is 0 Å². The van der Waals surface area contributed by atoms with E-state index in [1.54, 1.807) is 0 Å². The molecule has 0 aromatic heterocycles. The molecule has 17 heavy (non-hydrogen) atoms. The average molecular weight is 219 g/mol. The summed E-state index contributed by atoms with van der Waals surface area (Å²) < 4.78 is 0. The van der Waals surface area contributed by atoms with Gasteiger partial charge in [0.1, 0.15) is 0 Å². The summed E-state index contributed by atoms with van der Waals surface area (Å²) >= 11 is 0. The molecule has 0 heteroatoms. The van der Waals surface area contributed by atoms with Crippen LogP contribution in [0.15, 0.2) is 54.6 Å². The van der Waals surface area contributed by atoms with Gasteiger partial charge in [-0.25, -0.2) is 0 Å². The van der Waals surface area contributed by atoms with Gasteiger partial charge in [-0.2, -0.15) is 24.3 Å². The fraction of sp³-hybridized carbons (Fsp3) is 0.235. The lowest BCUT2D eigenvalue weighted by atomic mass is 9.96. The average Bonchev–Trinajstić information content (AvgIpc) is 2.79. The third-order valence-corrected chi connectivity index (χ3v) is 3.72. The molecule has 1 saturated carbocycles. The molecule has 0 radical (unpaired) electrons. The summed E-state index contributed by atoms with van der Waals surface area (Å²) in [7, 11) is 0. The van der Waals surface area contributed by atoms with Crippen LogP contribution in [0.4, 0.5) is 0 Å². The lowest BCUT2D eigenvalue weighted by Gasteiger charge is -2.08. The Bertz CT molecular complexity index is 551. The highest BCUT2D eigenvalue weighted by atomic mass is 14.5. The van der Waals surface area contributed by atoms with Crippen LogP contribution in [-0.2, 0) is 5.41 Å². The molecule has 0 nitrogen and oxygen atoms in total. The molecule has 84 valence electrons. The summed E-state index contributed by atoms with van der Waals surface area (Å²) in [6, 6.07) is 18.9. The highest BCUT2D eigenvalue weighted by molar-refractivity contribution is 5.42. The Kier molecular flexibility index (Phi) is 2.34. The Hall–Kier alpha value is -1.87. The van der Waals surface area contributed by atoms with Gasteiger partial charge in [0.25, 0.3) is 0 Å². The van der Waals surface area contributed by atoms with Crippen molar-refractivity contribution in [2.75, 3.05) is 0 Å². The van der Waals surface area contributed by atoms with Crippen LogP contribution in [0.3, 0.4) is 0 Å². The highest BCUT2D eigenvalue weighted by Crippen LogP contribution is 2.53. The summed E-state index contributed by atoms with van der Waals surface area (Å²) in [5.41, 5.74) is 2.83. The molecule has 0 unspecified atom stereocenters. The van der Waals surface area contributed by atoms with Gasteiger partial charge in [0, 0.05) is 11.3 Å². The smallest absolute Gasteiger partial charge is 0.0298 e. The Morgan fingerprint density at radius 1 is 1.24 bits per heavy atom. The van der Waals surface area contributed by atoms with Gasteiger partial charge < -0.3 is 0 Å². The molecule has 1 fully saturated rings. The van der Waals surface area contributed by atoms with Crippen molar-refractivity contribution in [2.45, 2.75) is 18.8 Å². The quantitative estimate of drug-likeness (QED) is 0.506. The molecule has 0 aliphatic heterocycles. The van der Waals surface area contributed by atoms with Crippen LogP contribution in [0, 0.1) is 17.8 Å². The van der Waals surface area contributed by atoms with E-state index in [9.17, 15) is 0 Å². The second kappa shape index (κ2) is 3.86. The third kappa shape index (κ3) is 1.89. The van der Waals surface area contributed by atoms with E-state index in [1.165, 1.54) is 12.0 Å². The van der Waals surface area contributed by atoms with Crippen LogP contribution < -0.4 is 0 Å². The summed E-state index contributed by atoms with van der Waals surface area (Å²) in [4.78, 5) is 0. The van der Waals surface area contributed by atoms with Crippen molar-refractivity contribution in [3.05, 3.63) is 65.7 Å². The standard InChI is InChI=1S/C17H15/c1-17(15-9-3-2-4-10-15)13-16(17)12-11-14-7-5-6-8-14/h2-10,16H,13H2,1H3/q-1/t16-,17+/m1/s1. The van der Waals surface area contributed by atoms with Crippen molar-refractivity contribution in [3.8, 4) is 11.8 Å². The summed E-state index contributed by atoms with van der Waals surface area (Å²) in [5.74, 6) is 7.17. The molecule has 0 N–H and O–H groups in total. The minimum atomic E-state index is 0.279. The van der Waals surface area contributed by atoms with E-state index in [1.807, 2.05) is 12.1 Å². The van der Waals surface area contributed by atoms with Crippen molar-refractivity contribution in [2.24, 2.45) is 5.92 Å². The number of hydrogen-bond acceptors (Lipinski definition) is 0. The van der Waals surface area contributed by atoms with E-state index in [0.29, 0.717) is 5.92 Å². The molecular weight excluding hydrogens is 204 g/mol. The van der Waals surface area contributed by atoms with Gasteiger partial charge >= 0.3 is 0 Å². The first-order chi connectivity index (χ1) is 8.29. The Balaban J connectivity index is 1.78. The van der Waals surface area contributed by atoms with Crippen LogP contribution in [0.2, 0.25) is 0 Å². The molecule has 0 heterocycles. The predicted molar refractivity (Wildman–Crippen MR) is 70.8 cm³/mol. The maximum atomic E-state index is 3.40. The second-order valence-corrected chi connectivity index (χ2v) is 4.98. The zero-order chi connectivity index (χ0) is 11.7. The molecule has 3 rings (SSSR count). The van der Waals surface area contributed by atoms with E-state index in [4.69, 9.17) is 0 Å². The maximum Gasteiger partial charge on any atom is 0.0298 e. The number of benzene rings is 1. The van der Waals surface area contributed by atoms with Gasteiger partial charge in [-0.1, -0.05) is 37.3 Å². The number of hydrogen-bond donors (Lipinski definition) is 0. The largest absolute Gasteiger partial charge is 0.199 e. The van der Waals surface area contributed by atoms with Crippen molar-refractivity contribution in [1.82, 2.24) is 0 Å². The lowest BCUT2D eigenvalue weighted by Crippen LogP contribution is -2.02. The molecule has 2 aromatic carbocycles. The van der Waals surface area contributed by atoms with E-state index in [2.05, 4.69) is 61.2 Å². The molecule has 0 spiro atoms. The van der Waals surface area contributed by atoms with Crippen LogP contribution in [-0.4, -0.2) is 0 Å². The monoisotopic (exact) mass is 219 g/mol. The van der Waals surface area contributed by atoms with Crippen molar-refractivity contribution in [1.29, 1.82) is 0 Å². The van der Waals surface area contributed by atoms with Crippen molar-refractivity contribution >= 4 is 0 Å². The van der Waals surface area contributed by atoms with Gasteiger partial charge in [0.2, 0.25) is 0 Å². The summed E-state index contributed by atoms with van der Waals surface area (Å²) in [6.45, 7) is 2.31. The zero-order valence-corrected chi connectivity index (χ0v) is 9.98. The molecule has 0 amide bonds. The van der Waals surface area contributed by atoms with E-state index >= 15 is 0 Å². The fourth-order valence-electron chi connectivity index (χ4n) is 2.34. The normalized spacial score (nSPS) is 26.1. The molecule has 0 saturated heterocycles. The molecule has 1 aliphatic carbocycles. The second-order valence-electron chi connectivity index (χ2n) is 4.98. The topological polar surface area (TPSA) is 0 Å². The van der Waals surface area contributed by atoms with Gasteiger partial charge in [-0.3, -0.25) is 0 Å². The van der Waals surface area contributed by atoms with E-state index in [-0.39, 0.29) is 5.41 Å². The van der Waals surface area contributed by atoms with Crippen molar-refractivity contribution in [3.63, 3.8) is 0 Å². The number of rotatable bonds is 1. The SMILES string of the molecule is C[C@@]1(c2ccccc2)C[C@H]1C#Cc1cc[cH-]c1. The van der Waals surface area contributed by atoms with E-state index in [0.717, 1.165) is 5.56 Å². The van der Waals surface area contributed by atoms with Crippen LogP contribution >= 0.6 is 0 Å². The lowest BCUT2D eigenvalue weighted by molar-refractivity contribution is 0.746. The zero-order valence-electron chi connectivity index (χ0n) is 9.98. The maximum absolute atomic E-state index is 3.40. The Morgan fingerprint density at radius 2 is 2.06 bits per heavy atom. The van der Waals surface area contributed by atoms with Crippen LogP contribution in [0.25, 0.3) is 0 Å². The summed E-state index contributed by atoms with van der Waals surface area (Å²) in [6.07, 6.45) is 1.19. The van der Waals surface area contributed by atoms with Crippen LogP contribution in [0.5, 0.6) is 0 Å². The van der Waals surface area contributed by atoms with Crippen LogP contribution in [0.1, 0.15) is 24.5 Å². The van der Waals surface area contributed by atoms with Gasteiger partial charge in [0.05, 0.1) is 0 Å². The Morgan fingerprint density at radius 3 is 2.76 bits per heavy atom. The predicted octanol–water partition coefficient (Wildman–Crippen LogP) is 3.73. The molecule has 2 atom stereocenters. The first-order valence-electron chi connectivity index (χ1n) is 6.08. The first kappa shape index (κ1) is 10.3. The Labute approximate surface area is 103 Å². The first-order valence-corrected chi connectivity index (χ1v) is 6.08. The van der Waals surface area contributed by atoms with Gasteiger partial charge in [-0.15, -0.1) is 17.4 Å². The minimum Gasteiger partial charge on any atom is -0.199 e. The highest BCUT2D eigenvalue weighted by Gasteiger charge is 2.50. The van der Waals surface area contributed by atoms with E-state index < -0.39 is 0 Å². The fourth-order valence-corrected chi connectivity index (χ4v) is 2.34. The molecule has 0 bridgehead atoms. The van der Waals surface area contributed by atoms with Gasteiger partial charge in [-0.05, 0) is 12.0 Å². The third-order valence-electron chi connectivity index (χ3n) is 3.72. The van der Waals surface area contributed by atoms with Gasteiger partial charge in [0.15, 0.2) is 0 Å². The molecule has 2 aromatic rings.